The van der Waals surface area contributed by atoms with Crippen molar-refractivity contribution in [1.82, 2.24) is 15.3 Å². The number of hydrogen-bond acceptors (Lipinski definition) is 4. The molecule has 2 aromatic heterocycles. The number of anilines is 2. The summed E-state index contributed by atoms with van der Waals surface area (Å²) >= 11 is 0. The lowest BCUT2D eigenvalue weighted by atomic mass is 10.1. The highest BCUT2D eigenvalue weighted by atomic mass is 16.1. The van der Waals surface area contributed by atoms with Crippen molar-refractivity contribution in [1.29, 1.82) is 0 Å². The van der Waals surface area contributed by atoms with E-state index >= 15 is 0 Å². The lowest BCUT2D eigenvalue weighted by Gasteiger charge is -2.10. The number of carbonyl (C=O) groups excluding carboxylic acids is 1. The monoisotopic (exact) mass is 332 g/mol. The Morgan fingerprint density at radius 1 is 0.920 bits per heavy atom. The summed E-state index contributed by atoms with van der Waals surface area (Å²) in [5.41, 5.74) is 5.35. The van der Waals surface area contributed by atoms with Gasteiger partial charge in [-0.15, -0.1) is 0 Å². The molecule has 0 bridgehead atoms. The second-order valence-electron chi connectivity index (χ2n) is 5.93. The smallest absolute Gasteiger partial charge is 0.270 e. The Balaban J connectivity index is 1.69. The topological polar surface area (TPSA) is 66.9 Å². The van der Waals surface area contributed by atoms with Crippen LogP contribution >= 0.6 is 0 Å². The van der Waals surface area contributed by atoms with Crippen molar-refractivity contribution >= 4 is 17.3 Å². The van der Waals surface area contributed by atoms with Gasteiger partial charge in [0, 0.05) is 23.8 Å². The average molecular weight is 332 g/mol. The quantitative estimate of drug-likeness (QED) is 0.746. The molecule has 0 aliphatic rings. The molecule has 0 fully saturated rings. The Hall–Kier alpha value is -3.21. The summed E-state index contributed by atoms with van der Waals surface area (Å²) in [6, 6.07) is 15.4. The summed E-state index contributed by atoms with van der Waals surface area (Å²) in [7, 11) is 0. The first-order chi connectivity index (χ1) is 12.1. The predicted molar refractivity (Wildman–Crippen MR) is 98.8 cm³/mol. The fourth-order valence-corrected chi connectivity index (χ4v) is 2.61. The van der Waals surface area contributed by atoms with Crippen molar-refractivity contribution in [3.05, 3.63) is 83.4 Å². The number of aromatic nitrogens is 2. The fourth-order valence-electron chi connectivity index (χ4n) is 2.61. The molecule has 0 aliphatic heterocycles. The molecule has 5 nitrogen and oxygen atoms in total. The van der Waals surface area contributed by atoms with Crippen LogP contribution in [0.25, 0.3) is 0 Å². The van der Waals surface area contributed by atoms with E-state index in [-0.39, 0.29) is 5.91 Å². The second-order valence-corrected chi connectivity index (χ2v) is 5.93. The molecule has 25 heavy (non-hydrogen) atoms. The van der Waals surface area contributed by atoms with Crippen molar-refractivity contribution in [3.63, 3.8) is 0 Å². The van der Waals surface area contributed by atoms with E-state index in [1.54, 1.807) is 18.5 Å². The van der Waals surface area contributed by atoms with Crippen LogP contribution < -0.4 is 10.6 Å². The van der Waals surface area contributed by atoms with Gasteiger partial charge in [0.25, 0.3) is 5.91 Å². The van der Waals surface area contributed by atoms with E-state index in [0.29, 0.717) is 12.2 Å². The van der Waals surface area contributed by atoms with Crippen LogP contribution in [-0.2, 0) is 6.54 Å². The van der Waals surface area contributed by atoms with E-state index in [1.807, 2.05) is 24.3 Å². The number of nitrogens with zero attached hydrogens (tertiary/aromatic N) is 2. The Kier molecular flexibility index (Phi) is 5.04. The Labute approximate surface area is 147 Å². The van der Waals surface area contributed by atoms with Crippen LogP contribution in [0.5, 0.6) is 0 Å². The molecule has 1 amide bonds. The highest BCUT2D eigenvalue weighted by Crippen LogP contribution is 2.19. The number of benzene rings is 1. The van der Waals surface area contributed by atoms with Crippen molar-refractivity contribution in [2.24, 2.45) is 0 Å². The highest BCUT2D eigenvalue weighted by molar-refractivity contribution is 5.93. The molecule has 0 radical (unpaired) electrons. The van der Waals surface area contributed by atoms with Crippen LogP contribution in [0, 0.1) is 13.8 Å². The first-order valence-electron chi connectivity index (χ1n) is 8.09. The zero-order chi connectivity index (χ0) is 17.6. The zero-order valence-corrected chi connectivity index (χ0v) is 14.3. The predicted octanol–water partition coefficient (Wildman–Crippen LogP) is 3.77. The number of aryl methyl sites for hydroxylation is 2. The van der Waals surface area contributed by atoms with E-state index in [0.717, 1.165) is 17.1 Å². The summed E-state index contributed by atoms with van der Waals surface area (Å²) in [5.74, 6) is -0.227. The molecule has 2 heterocycles. The van der Waals surface area contributed by atoms with Crippen molar-refractivity contribution in [3.8, 4) is 0 Å². The third-order valence-corrected chi connectivity index (χ3v) is 3.66. The highest BCUT2D eigenvalue weighted by Gasteiger charge is 2.08. The van der Waals surface area contributed by atoms with Crippen LogP contribution in [-0.4, -0.2) is 15.9 Å². The second kappa shape index (κ2) is 7.57. The van der Waals surface area contributed by atoms with Gasteiger partial charge in [-0.3, -0.25) is 14.8 Å². The van der Waals surface area contributed by atoms with Gasteiger partial charge in [-0.05, 0) is 61.4 Å². The van der Waals surface area contributed by atoms with Gasteiger partial charge in [0.05, 0.1) is 12.2 Å². The Morgan fingerprint density at radius 3 is 2.44 bits per heavy atom. The molecule has 126 valence electrons. The summed E-state index contributed by atoms with van der Waals surface area (Å²) in [5, 5.41) is 6.16. The number of rotatable bonds is 5. The number of nitrogens with one attached hydrogen (secondary N) is 2. The van der Waals surface area contributed by atoms with Gasteiger partial charge in [0.2, 0.25) is 0 Å². The largest absolute Gasteiger partial charge is 0.355 e. The van der Waals surface area contributed by atoms with E-state index in [9.17, 15) is 4.79 Å². The number of carbonyl (C=O) groups is 1. The molecule has 5 heteroatoms. The van der Waals surface area contributed by atoms with Crippen molar-refractivity contribution in [2.75, 3.05) is 5.32 Å². The molecule has 0 spiro atoms. The van der Waals surface area contributed by atoms with E-state index in [1.165, 1.54) is 11.1 Å². The fraction of sp³-hybridized carbons (Fsp3) is 0.150. The number of hydrogen-bond donors (Lipinski definition) is 2. The maximum atomic E-state index is 12.3. The van der Waals surface area contributed by atoms with Gasteiger partial charge in [-0.2, -0.15) is 0 Å². The average Bonchev–Trinajstić information content (AvgIpc) is 2.60. The maximum absolute atomic E-state index is 12.3. The lowest BCUT2D eigenvalue weighted by Crippen LogP contribution is -2.24. The molecule has 1 aromatic carbocycles. The zero-order valence-electron chi connectivity index (χ0n) is 14.3. The minimum Gasteiger partial charge on any atom is -0.355 e. The van der Waals surface area contributed by atoms with Crippen LogP contribution in [0.15, 0.2) is 60.9 Å². The molecule has 2 N–H and O–H groups in total. The first kappa shape index (κ1) is 16.6. The van der Waals surface area contributed by atoms with Crippen molar-refractivity contribution < 1.29 is 4.79 Å². The van der Waals surface area contributed by atoms with E-state index in [2.05, 4.69) is 52.6 Å². The van der Waals surface area contributed by atoms with Crippen LogP contribution in [0.4, 0.5) is 11.4 Å². The van der Waals surface area contributed by atoms with Gasteiger partial charge in [0.1, 0.15) is 5.69 Å². The molecular weight excluding hydrogens is 312 g/mol. The van der Waals surface area contributed by atoms with Gasteiger partial charge in [-0.1, -0.05) is 12.1 Å². The SMILES string of the molecule is Cc1cc(C)cc(Nc2ccnc(C(=O)NCc3ccccn3)c2)c1. The molecule has 3 rings (SSSR count). The van der Waals surface area contributed by atoms with Gasteiger partial charge in [0.15, 0.2) is 0 Å². The number of amides is 1. The summed E-state index contributed by atoms with van der Waals surface area (Å²) in [6.07, 6.45) is 3.33. The van der Waals surface area contributed by atoms with E-state index in [4.69, 9.17) is 0 Å². The van der Waals surface area contributed by atoms with Crippen molar-refractivity contribution in [2.45, 2.75) is 20.4 Å². The van der Waals surface area contributed by atoms with Gasteiger partial charge >= 0.3 is 0 Å². The molecule has 0 saturated carbocycles. The third kappa shape index (κ3) is 4.64. The van der Waals surface area contributed by atoms with Gasteiger partial charge < -0.3 is 10.6 Å². The minimum atomic E-state index is -0.227. The Morgan fingerprint density at radius 2 is 1.72 bits per heavy atom. The van der Waals surface area contributed by atoms with Crippen LogP contribution in [0.2, 0.25) is 0 Å². The minimum absolute atomic E-state index is 0.227. The molecule has 3 aromatic rings. The summed E-state index contributed by atoms with van der Waals surface area (Å²) < 4.78 is 0. The Bertz CT molecular complexity index is 858. The first-order valence-corrected chi connectivity index (χ1v) is 8.09. The van der Waals surface area contributed by atoms with E-state index < -0.39 is 0 Å². The molecule has 0 unspecified atom stereocenters. The summed E-state index contributed by atoms with van der Waals surface area (Å²) in [4.78, 5) is 20.6. The maximum Gasteiger partial charge on any atom is 0.270 e. The van der Waals surface area contributed by atoms with Crippen LogP contribution in [0.3, 0.4) is 0 Å². The standard InChI is InChI=1S/C20H20N4O/c1-14-9-15(2)11-18(10-14)24-16-6-8-22-19(12-16)20(25)23-13-17-5-3-4-7-21-17/h3-12H,13H2,1-2H3,(H,22,24)(H,23,25). The van der Waals surface area contributed by atoms with Crippen LogP contribution in [0.1, 0.15) is 27.3 Å². The van der Waals surface area contributed by atoms with Gasteiger partial charge in [-0.25, -0.2) is 0 Å². The molecule has 0 aliphatic carbocycles. The normalized spacial score (nSPS) is 10.3. The molecule has 0 atom stereocenters. The number of pyridine rings is 2. The molecular formula is C20H20N4O. The summed E-state index contributed by atoms with van der Waals surface area (Å²) in [6.45, 7) is 4.48. The third-order valence-electron chi connectivity index (χ3n) is 3.66. The molecule has 0 saturated heterocycles. The lowest BCUT2D eigenvalue weighted by molar-refractivity contribution is 0.0945.